The van der Waals surface area contributed by atoms with Gasteiger partial charge in [0, 0.05) is 41.3 Å². The van der Waals surface area contributed by atoms with E-state index in [9.17, 15) is 9.59 Å². The maximum absolute atomic E-state index is 12.3. The molecular weight excluding hydrogens is 332 g/mol. The average Bonchev–Trinajstić information content (AvgIpc) is 3.14. The van der Waals surface area contributed by atoms with E-state index in [1.54, 1.807) is 48.8 Å². The number of benzene rings is 1. The number of nitrogens with one attached hydrogen (secondary N) is 2. The Labute approximate surface area is 150 Å². The molecule has 0 aliphatic carbocycles. The van der Waals surface area contributed by atoms with E-state index in [2.05, 4.69) is 20.8 Å². The summed E-state index contributed by atoms with van der Waals surface area (Å²) in [5, 5.41) is 9.32. The lowest BCUT2D eigenvalue weighted by atomic mass is 10.2. The molecule has 0 saturated carbocycles. The molecular formula is C19H18N4O3. The lowest BCUT2D eigenvalue weighted by Crippen LogP contribution is -2.17. The van der Waals surface area contributed by atoms with Crippen LogP contribution in [0.25, 0.3) is 11.3 Å². The molecule has 3 rings (SSSR count). The van der Waals surface area contributed by atoms with E-state index < -0.39 is 0 Å². The van der Waals surface area contributed by atoms with Crippen LogP contribution in [0.1, 0.15) is 24.3 Å². The molecule has 2 aromatic heterocycles. The van der Waals surface area contributed by atoms with Gasteiger partial charge in [-0.25, -0.2) is 0 Å². The molecule has 26 heavy (non-hydrogen) atoms. The van der Waals surface area contributed by atoms with Crippen molar-refractivity contribution >= 4 is 23.2 Å². The second-order valence-electron chi connectivity index (χ2n) is 5.99. The molecule has 1 aromatic carbocycles. The van der Waals surface area contributed by atoms with Crippen LogP contribution in [-0.2, 0) is 4.79 Å². The summed E-state index contributed by atoms with van der Waals surface area (Å²) >= 11 is 0. The molecule has 0 aliphatic heterocycles. The van der Waals surface area contributed by atoms with Gasteiger partial charge in [-0.15, -0.1) is 0 Å². The first-order valence-electron chi connectivity index (χ1n) is 8.12. The van der Waals surface area contributed by atoms with Crippen molar-refractivity contribution in [2.45, 2.75) is 13.8 Å². The highest BCUT2D eigenvalue weighted by Crippen LogP contribution is 2.20. The van der Waals surface area contributed by atoms with E-state index in [4.69, 9.17) is 4.52 Å². The molecule has 0 saturated heterocycles. The molecule has 0 bridgehead atoms. The van der Waals surface area contributed by atoms with Crippen LogP contribution in [0.15, 0.2) is 59.4 Å². The summed E-state index contributed by atoms with van der Waals surface area (Å²) in [4.78, 5) is 28.0. The first-order chi connectivity index (χ1) is 12.5. The maximum Gasteiger partial charge on any atom is 0.277 e. The Balaban J connectivity index is 1.65. The van der Waals surface area contributed by atoms with Gasteiger partial charge in [0.1, 0.15) is 0 Å². The first kappa shape index (κ1) is 17.3. The maximum atomic E-state index is 12.3. The number of carbonyl (C=O) groups excluding carboxylic acids is 2. The third kappa shape index (κ3) is 4.13. The summed E-state index contributed by atoms with van der Waals surface area (Å²) in [5.41, 5.74) is 2.16. The molecule has 3 aromatic rings. The van der Waals surface area contributed by atoms with Crippen LogP contribution < -0.4 is 10.6 Å². The highest BCUT2D eigenvalue weighted by atomic mass is 16.5. The minimum absolute atomic E-state index is 0.0627. The molecule has 0 atom stereocenters. The Hall–Kier alpha value is -3.48. The van der Waals surface area contributed by atoms with Crippen molar-refractivity contribution in [3.63, 3.8) is 0 Å². The van der Waals surface area contributed by atoms with Gasteiger partial charge in [0.15, 0.2) is 11.5 Å². The average molecular weight is 350 g/mol. The summed E-state index contributed by atoms with van der Waals surface area (Å²) in [6.45, 7) is 3.64. The van der Waals surface area contributed by atoms with Crippen LogP contribution in [0, 0.1) is 5.92 Å². The predicted molar refractivity (Wildman–Crippen MR) is 97.6 cm³/mol. The van der Waals surface area contributed by atoms with Gasteiger partial charge in [-0.05, 0) is 36.4 Å². The van der Waals surface area contributed by atoms with E-state index in [-0.39, 0.29) is 23.4 Å². The zero-order valence-electron chi connectivity index (χ0n) is 14.4. The molecule has 7 nitrogen and oxygen atoms in total. The first-order valence-corrected chi connectivity index (χ1v) is 8.12. The van der Waals surface area contributed by atoms with E-state index >= 15 is 0 Å². The van der Waals surface area contributed by atoms with Gasteiger partial charge in [0.25, 0.3) is 5.91 Å². The SMILES string of the molecule is CC(C)C(=O)Nc1ccc(NC(=O)c2cc(-c3cccnc3)on2)cc1. The molecule has 2 heterocycles. The van der Waals surface area contributed by atoms with Gasteiger partial charge < -0.3 is 15.2 Å². The van der Waals surface area contributed by atoms with Gasteiger partial charge in [-0.3, -0.25) is 14.6 Å². The van der Waals surface area contributed by atoms with Crippen molar-refractivity contribution < 1.29 is 14.1 Å². The molecule has 0 aliphatic rings. The van der Waals surface area contributed by atoms with Gasteiger partial charge in [-0.1, -0.05) is 19.0 Å². The number of hydrogen-bond acceptors (Lipinski definition) is 5. The van der Waals surface area contributed by atoms with Crippen LogP contribution in [0.3, 0.4) is 0 Å². The van der Waals surface area contributed by atoms with Crippen molar-refractivity contribution in [2.75, 3.05) is 10.6 Å². The fourth-order valence-corrected chi connectivity index (χ4v) is 2.15. The summed E-state index contributed by atoms with van der Waals surface area (Å²) in [6, 6.07) is 12.0. The Kier molecular flexibility index (Phi) is 5.07. The second-order valence-corrected chi connectivity index (χ2v) is 5.99. The monoisotopic (exact) mass is 350 g/mol. The van der Waals surface area contributed by atoms with Crippen molar-refractivity contribution in [3.05, 3.63) is 60.6 Å². The van der Waals surface area contributed by atoms with Gasteiger partial charge >= 0.3 is 0 Å². The highest BCUT2D eigenvalue weighted by Gasteiger charge is 2.14. The minimum Gasteiger partial charge on any atom is -0.355 e. The Morgan fingerprint density at radius 2 is 1.73 bits per heavy atom. The fraction of sp³-hybridized carbons (Fsp3) is 0.158. The Morgan fingerprint density at radius 3 is 2.35 bits per heavy atom. The summed E-state index contributed by atoms with van der Waals surface area (Å²) in [5.74, 6) is -0.0827. The topological polar surface area (TPSA) is 97.1 Å². The molecule has 0 unspecified atom stereocenters. The van der Waals surface area contributed by atoms with Gasteiger partial charge in [0.05, 0.1) is 0 Å². The van der Waals surface area contributed by atoms with Crippen molar-refractivity contribution in [1.82, 2.24) is 10.1 Å². The van der Waals surface area contributed by atoms with E-state index in [0.717, 1.165) is 5.56 Å². The Morgan fingerprint density at radius 1 is 1.04 bits per heavy atom. The highest BCUT2D eigenvalue weighted by molar-refractivity contribution is 6.03. The molecule has 2 amide bonds. The van der Waals surface area contributed by atoms with Crippen LogP contribution in [0.5, 0.6) is 0 Å². The second kappa shape index (κ2) is 7.60. The van der Waals surface area contributed by atoms with Crippen LogP contribution in [-0.4, -0.2) is 22.0 Å². The molecule has 2 N–H and O–H groups in total. The molecule has 0 spiro atoms. The third-order valence-electron chi connectivity index (χ3n) is 3.62. The fourth-order valence-electron chi connectivity index (χ4n) is 2.15. The van der Waals surface area contributed by atoms with Gasteiger partial charge in [-0.2, -0.15) is 0 Å². The normalized spacial score (nSPS) is 10.6. The lowest BCUT2D eigenvalue weighted by molar-refractivity contribution is -0.118. The van der Waals surface area contributed by atoms with Crippen LogP contribution >= 0.6 is 0 Å². The van der Waals surface area contributed by atoms with Crippen molar-refractivity contribution in [2.24, 2.45) is 5.92 Å². The molecule has 0 fully saturated rings. The van der Waals surface area contributed by atoms with E-state index in [0.29, 0.717) is 17.1 Å². The number of hydrogen-bond donors (Lipinski definition) is 2. The number of pyridine rings is 1. The number of nitrogens with zero attached hydrogens (tertiary/aromatic N) is 2. The predicted octanol–water partition coefficient (Wildman–Crippen LogP) is 3.58. The van der Waals surface area contributed by atoms with E-state index in [1.807, 2.05) is 19.9 Å². The summed E-state index contributed by atoms with van der Waals surface area (Å²) in [6.07, 6.45) is 3.28. The molecule has 0 radical (unpaired) electrons. The number of anilines is 2. The minimum atomic E-state index is -0.386. The summed E-state index contributed by atoms with van der Waals surface area (Å²) in [7, 11) is 0. The summed E-state index contributed by atoms with van der Waals surface area (Å²) < 4.78 is 5.20. The lowest BCUT2D eigenvalue weighted by Gasteiger charge is -2.08. The molecule has 132 valence electrons. The van der Waals surface area contributed by atoms with E-state index in [1.165, 1.54) is 0 Å². The van der Waals surface area contributed by atoms with Crippen LogP contribution in [0.2, 0.25) is 0 Å². The largest absolute Gasteiger partial charge is 0.355 e. The van der Waals surface area contributed by atoms with Crippen LogP contribution in [0.4, 0.5) is 11.4 Å². The number of carbonyl (C=O) groups is 2. The zero-order valence-corrected chi connectivity index (χ0v) is 14.4. The van der Waals surface area contributed by atoms with Crippen molar-refractivity contribution in [1.29, 1.82) is 0 Å². The van der Waals surface area contributed by atoms with Gasteiger partial charge in [0.2, 0.25) is 5.91 Å². The number of aromatic nitrogens is 2. The number of amides is 2. The third-order valence-corrected chi connectivity index (χ3v) is 3.62. The standard InChI is InChI=1S/C19H18N4O3/c1-12(2)18(24)21-14-5-7-15(8-6-14)22-19(25)16-10-17(26-23-16)13-4-3-9-20-11-13/h3-12H,1-2H3,(H,21,24)(H,22,25). The zero-order chi connectivity index (χ0) is 18.5. The Bertz CT molecular complexity index is 902. The quantitative estimate of drug-likeness (QED) is 0.733. The number of rotatable bonds is 5. The molecule has 7 heteroatoms. The van der Waals surface area contributed by atoms with Crippen molar-refractivity contribution in [3.8, 4) is 11.3 Å². The smallest absolute Gasteiger partial charge is 0.277 e.